The Balaban J connectivity index is 1.85. The summed E-state index contributed by atoms with van der Waals surface area (Å²) in [7, 11) is 0. The lowest BCUT2D eigenvalue weighted by molar-refractivity contribution is -0.136. The molecule has 3 heterocycles. The zero-order valence-corrected chi connectivity index (χ0v) is 13.0. The Bertz CT molecular complexity index is 639. The molecule has 0 saturated carbocycles. The van der Waals surface area contributed by atoms with Crippen LogP contribution in [0.3, 0.4) is 0 Å². The number of ether oxygens (including phenoxy) is 1. The van der Waals surface area contributed by atoms with E-state index in [0.29, 0.717) is 37.8 Å². The number of pyridine rings is 1. The molecule has 0 radical (unpaired) electrons. The van der Waals surface area contributed by atoms with Crippen molar-refractivity contribution in [3.05, 3.63) is 23.4 Å². The van der Waals surface area contributed by atoms with Crippen LogP contribution in [0.4, 0.5) is 10.2 Å². The molecule has 2 atom stereocenters. The molecular weight excluding hydrogens is 299 g/mol. The number of anilines is 1. The number of hydrogen-bond donors (Lipinski definition) is 0. The van der Waals surface area contributed by atoms with Crippen molar-refractivity contribution < 1.29 is 13.9 Å². The summed E-state index contributed by atoms with van der Waals surface area (Å²) in [6.07, 6.45) is -0.910. The first kappa shape index (κ1) is 15.7. The minimum absolute atomic E-state index is 0.0886. The number of amides is 1. The molecule has 2 saturated heterocycles. The topological polar surface area (TPSA) is 69.5 Å². The Hall–Kier alpha value is -2.20. The van der Waals surface area contributed by atoms with Gasteiger partial charge in [-0.3, -0.25) is 4.79 Å². The van der Waals surface area contributed by atoms with Gasteiger partial charge in [0.25, 0.3) is 0 Å². The molecule has 0 aromatic carbocycles. The summed E-state index contributed by atoms with van der Waals surface area (Å²) in [4.78, 5) is 20.4. The summed E-state index contributed by atoms with van der Waals surface area (Å²) in [5.41, 5.74) is 1.07. The molecule has 3 rings (SSSR count). The van der Waals surface area contributed by atoms with E-state index >= 15 is 0 Å². The average molecular weight is 318 g/mol. The fourth-order valence-electron chi connectivity index (χ4n) is 3.06. The number of morpholine rings is 1. The van der Waals surface area contributed by atoms with E-state index in [9.17, 15) is 9.18 Å². The molecule has 23 heavy (non-hydrogen) atoms. The molecular formula is C16H19FN4O2. The Morgan fingerprint density at radius 1 is 1.43 bits per heavy atom. The van der Waals surface area contributed by atoms with Crippen molar-refractivity contribution in [2.45, 2.75) is 25.6 Å². The molecule has 2 aliphatic rings. The number of alkyl halides is 1. The fourth-order valence-corrected chi connectivity index (χ4v) is 3.06. The predicted octanol–water partition coefficient (Wildman–Crippen LogP) is 1.04. The van der Waals surface area contributed by atoms with Crippen molar-refractivity contribution in [2.75, 3.05) is 37.7 Å². The Labute approximate surface area is 134 Å². The van der Waals surface area contributed by atoms with Crippen LogP contribution in [0, 0.1) is 18.3 Å². The number of hydrogen-bond acceptors (Lipinski definition) is 5. The van der Waals surface area contributed by atoms with Gasteiger partial charge in [-0.1, -0.05) is 6.07 Å². The number of halogens is 1. The highest BCUT2D eigenvalue weighted by atomic mass is 19.1. The molecule has 6 nitrogen and oxygen atoms in total. The molecule has 0 aliphatic carbocycles. The highest BCUT2D eigenvalue weighted by molar-refractivity contribution is 5.86. The Morgan fingerprint density at radius 2 is 2.17 bits per heavy atom. The van der Waals surface area contributed by atoms with Gasteiger partial charge < -0.3 is 14.5 Å². The number of carbonyl (C=O) groups is 1. The third-order valence-electron chi connectivity index (χ3n) is 4.34. The smallest absolute Gasteiger partial charge is 0.245 e. The first-order valence-electron chi connectivity index (χ1n) is 7.75. The van der Waals surface area contributed by atoms with Crippen LogP contribution < -0.4 is 4.90 Å². The quantitative estimate of drug-likeness (QED) is 0.815. The minimum atomic E-state index is -1.07. The van der Waals surface area contributed by atoms with Crippen LogP contribution in [0.5, 0.6) is 0 Å². The number of rotatable bonds is 2. The molecule has 2 aliphatic heterocycles. The van der Waals surface area contributed by atoms with E-state index in [1.165, 1.54) is 0 Å². The molecule has 0 spiro atoms. The van der Waals surface area contributed by atoms with Gasteiger partial charge in [0.05, 0.1) is 19.8 Å². The van der Waals surface area contributed by atoms with Gasteiger partial charge in [0.2, 0.25) is 5.91 Å². The molecule has 1 aromatic heterocycles. The summed E-state index contributed by atoms with van der Waals surface area (Å²) in [5.74, 6) is 0.397. The monoisotopic (exact) mass is 318 g/mol. The number of nitriles is 1. The molecule has 0 unspecified atom stereocenters. The van der Waals surface area contributed by atoms with Gasteiger partial charge in [-0.15, -0.1) is 0 Å². The Morgan fingerprint density at radius 3 is 2.87 bits per heavy atom. The lowest BCUT2D eigenvalue weighted by Gasteiger charge is -2.32. The van der Waals surface area contributed by atoms with E-state index in [2.05, 4.69) is 4.98 Å². The number of aromatic nitrogens is 1. The van der Waals surface area contributed by atoms with E-state index < -0.39 is 12.2 Å². The van der Waals surface area contributed by atoms with Crippen molar-refractivity contribution in [1.82, 2.24) is 9.88 Å². The fraction of sp³-hybridized carbons (Fsp3) is 0.562. The van der Waals surface area contributed by atoms with Crippen LogP contribution in [-0.4, -0.2) is 60.9 Å². The van der Waals surface area contributed by atoms with Crippen LogP contribution in [0.1, 0.15) is 17.7 Å². The van der Waals surface area contributed by atoms with E-state index in [-0.39, 0.29) is 18.9 Å². The maximum Gasteiger partial charge on any atom is 0.245 e. The van der Waals surface area contributed by atoms with Crippen molar-refractivity contribution in [1.29, 1.82) is 5.26 Å². The normalized spacial score (nSPS) is 24.6. The number of nitrogens with zero attached hydrogens (tertiary/aromatic N) is 4. The van der Waals surface area contributed by atoms with Gasteiger partial charge in [-0.05, 0) is 18.6 Å². The van der Waals surface area contributed by atoms with Crippen LogP contribution in [0.15, 0.2) is 12.1 Å². The third kappa shape index (κ3) is 3.13. The molecule has 1 amide bonds. The first-order chi connectivity index (χ1) is 11.1. The molecule has 1 aromatic rings. The van der Waals surface area contributed by atoms with Gasteiger partial charge in [0.15, 0.2) is 0 Å². The number of aryl methyl sites for hydroxylation is 1. The summed E-state index contributed by atoms with van der Waals surface area (Å²) in [6.45, 7) is 4.02. The molecule has 0 N–H and O–H groups in total. The highest BCUT2D eigenvalue weighted by Gasteiger charge is 2.40. The van der Waals surface area contributed by atoms with Gasteiger partial charge in [0, 0.05) is 19.5 Å². The van der Waals surface area contributed by atoms with E-state index in [0.717, 1.165) is 5.56 Å². The van der Waals surface area contributed by atoms with Crippen molar-refractivity contribution in [2.24, 2.45) is 0 Å². The molecule has 7 heteroatoms. The summed E-state index contributed by atoms with van der Waals surface area (Å²) < 4.78 is 19.2. The average Bonchev–Trinajstić information content (AvgIpc) is 2.97. The van der Waals surface area contributed by atoms with Crippen LogP contribution in [-0.2, 0) is 9.53 Å². The van der Waals surface area contributed by atoms with E-state index in [4.69, 9.17) is 10.00 Å². The Kier molecular flexibility index (Phi) is 4.44. The third-order valence-corrected chi connectivity index (χ3v) is 4.34. The van der Waals surface area contributed by atoms with Crippen molar-refractivity contribution in [3.63, 3.8) is 0 Å². The zero-order valence-electron chi connectivity index (χ0n) is 13.0. The van der Waals surface area contributed by atoms with E-state index in [1.54, 1.807) is 28.9 Å². The maximum absolute atomic E-state index is 14.0. The summed E-state index contributed by atoms with van der Waals surface area (Å²) >= 11 is 0. The van der Waals surface area contributed by atoms with Gasteiger partial charge in [0.1, 0.15) is 29.8 Å². The van der Waals surface area contributed by atoms with Gasteiger partial charge >= 0.3 is 0 Å². The SMILES string of the molecule is Cc1ccc(N2C[C@H](F)C[C@H]2C(=O)N2CCOCC2)nc1C#N. The zero-order chi connectivity index (χ0) is 16.4. The largest absolute Gasteiger partial charge is 0.378 e. The van der Waals surface area contributed by atoms with Crippen molar-refractivity contribution in [3.8, 4) is 6.07 Å². The standard InChI is InChI=1S/C16H19FN4O2/c1-11-2-3-15(19-13(11)9-18)21-10-12(17)8-14(21)16(22)20-4-6-23-7-5-20/h2-3,12,14H,4-8,10H2,1H3/t12-,14+/m1/s1. The molecule has 2 fully saturated rings. The second-order valence-electron chi connectivity index (χ2n) is 5.89. The first-order valence-corrected chi connectivity index (χ1v) is 7.75. The van der Waals surface area contributed by atoms with Crippen LogP contribution >= 0.6 is 0 Å². The molecule has 122 valence electrons. The second kappa shape index (κ2) is 6.50. The lowest BCUT2D eigenvalue weighted by atomic mass is 10.1. The maximum atomic E-state index is 14.0. The van der Waals surface area contributed by atoms with Crippen LogP contribution in [0.2, 0.25) is 0 Å². The lowest BCUT2D eigenvalue weighted by Crippen LogP contribution is -2.50. The minimum Gasteiger partial charge on any atom is -0.378 e. The highest BCUT2D eigenvalue weighted by Crippen LogP contribution is 2.28. The number of carbonyl (C=O) groups excluding carboxylic acids is 1. The predicted molar refractivity (Wildman–Crippen MR) is 81.7 cm³/mol. The second-order valence-corrected chi connectivity index (χ2v) is 5.89. The summed E-state index contributed by atoms with van der Waals surface area (Å²) in [6, 6.07) is 4.99. The van der Waals surface area contributed by atoms with Crippen LogP contribution in [0.25, 0.3) is 0 Å². The van der Waals surface area contributed by atoms with Gasteiger partial charge in [-0.25, -0.2) is 9.37 Å². The summed E-state index contributed by atoms with van der Waals surface area (Å²) in [5, 5.41) is 9.12. The van der Waals surface area contributed by atoms with Gasteiger partial charge in [-0.2, -0.15) is 5.26 Å². The molecule has 0 bridgehead atoms. The van der Waals surface area contributed by atoms with E-state index in [1.807, 2.05) is 6.07 Å². The van der Waals surface area contributed by atoms with Crippen molar-refractivity contribution >= 4 is 11.7 Å².